The van der Waals surface area contributed by atoms with E-state index in [0.717, 1.165) is 22.5 Å². The maximum Gasteiger partial charge on any atom is 0.0739 e. The second-order valence-electron chi connectivity index (χ2n) is 14.3. The normalized spacial score (nSPS) is 13.7. The highest BCUT2D eigenvalue weighted by Crippen LogP contribution is 2.56. The second-order valence-corrected chi connectivity index (χ2v) is 14.3. The summed E-state index contributed by atoms with van der Waals surface area (Å²) in [6.07, 6.45) is 3.83. The van der Waals surface area contributed by atoms with Crippen LogP contribution in [0, 0.1) is 0 Å². The first-order chi connectivity index (χ1) is 21.6. The molecule has 2 heterocycles. The lowest BCUT2D eigenvalue weighted by Gasteiger charge is -2.34. The standard InChI is InChI=1S/C43H40N2/c1-41(2,3)37-23-13-25-44-39(37)29-15-11-17-31(27-29)43(35-21-9-7-19-33(35)34-20-8-10-22-36(34)43)32-18-12-16-30(28-32)40-38(42(4,5)6)24-14-26-45-40/h7-28H,1-6H3. The third-order valence-electron chi connectivity index (χ3n) is 9.32. The van der Waals surface area contributed by atoms with Crippen LogP contribution >= 0.6 is 0 Å². The average molecular weight is 585 g/mol. The lowest BCUT2D eigenvalue weighted by atomic mass is 9.67. The molecule has 0 N–H and O–H groups in total. The van der Waals surface area contributed by atoms with E-state index in [1.54, 1.807) is 0 Å². The van der Waals surface area contributed by atoms with E-state index in [9.17, 15) is 0 Å². The van der Waals surface area contributed by atoms with Gasteiger partial charge in [-0.25, -0.2) is 0 Å². The minimum atomic E-state index is -0.521. The molecule has 0 radical (unpaired) electrons. The Morgan fingerprint density at radius 3 is 1.29 bits per heavy atom. The maximum absolute atomic E-state index is 4.95. The minimum absolute atomic E-state index is 0.0361. The van der Waals surface area contributed by atoms with Crippen molar-refractivity contribution in [2.75, 3.05) is 0 Å². The Hall–Kier alpha value is -4.82. The predicted octanol–water partition coefficient (Wildman–Crippen LogP) is 10.8. The fourth-order valence-electron chi connectivity index (χ4n) is 7.30. The van der Waals surface area contributed by atoms with Gasteiger partial charge in [0.05, 0.1) is 16.8 Å². The molecule has 0 saturated carbocycles. The van der Waals surface area contributed by atoms with Gasteiger partial charge in [-0.1, -0.05) is 139 Å². The van der Waals surface area contributed by atoms with Crippen molar-refractivity contribution in [1.82, 2.24) is 9.97 Å². The number of rotatable bonds is 4. The van der Waals surface area contributed by atoms with Gasteiger partial charge in [0, 0.05) is 23.5 Å². The summed E-state index contributed by atoms with van der Waals surface area (Å²) >= 11 is 0. The number of aromatic nitrogens is 2. The molecule has 4 aromatic carbocycles. The van der Waals surface area contributed by atoms with Gasteiger partial charge in [-0.15, -0.1) is 0 Å². The van der Waals surface area contributed by atoms with E-state index in [4.69, 9.17) is 9.97 Å². The van der Waals surface area contributed by atoms with E-state index in [-0.39, 0.29) is 10.8 Å². The summed E-state index contributed by atoms with van der Waals surface area (Å²) in [5, 5.41) is 0. The van der Waals surface area contributed by atoms with E-state index in [1.165, 1.54) is 44.5 Å². The van der Waals surface area contributed by atoms with Crippen LogP contribution < -0.4 is 0 Å². The van der Waals surface area contributed by atoms with Crippen LogP contribution in [-0.4, -0.2) is 9.97 Å². The molecule has 0 atom stereocenters. The first-order valence-electron chi connectivity index (χ1n) is 15.9. The van der Waals surface area contributed by atoms with E-state index in [0.29, 0.717) is 0 Å². The zero-order valence-corrected chi connectivity index (χ0v) is 27.1. The second kappa shape index (κ2) is 10.7. The van der Waals surface area contributed by atoms with E-state index >= 15 is 0 Å². The van der Waals surface area contributed by atoms with Gasteiger partial charge in [-0.05, 0) is 79.6 Å². The highest BCUT2D eigenvalue weighted by Gasteiger charge is 2.46. The molecule has 0 amide bonds. The van der Waals surface area contributed by atoms with Crippen LogP contribution in [0.5, 0.6) is 0 Å². The highest BCUT2D eigenvalue weighted by molar-refractivity contribution is 5.87. The summed E-state index contributed by atoms with van der Waals surface area (Å²) in [7, 11) is 0. The van der Waals surface area contributed by atoms with Gasteiger partial charge in [-0.3, -0.25) is 9.97 Å². The largest absolute Gasteiger partial charge is 0.256 e. The third-order valence-corrected chi connectivity index (χ3v) is 9.32. The summed E-state index contributed by atoms with van der Waals surface area (Å²) in [6, 6.07) is 44.6. The fraction of sp³-hybridized carbons (Fsp3) is 0.209. The van der Waals surface area contributed by atoms with Crippen LogP contribution in [-0.2, 0) is 16.2 Å². The summed E-state index contributed by atoms with van der Waals surface area (Å²) in [4.78, 5) is 9.89. The molecule has 6 aromatic rings. The topological polar surface area (TPSA) is 25.8 Å². The van der Waals surface area contributed by atoms with Crippen LogP contribution in [0.4, 0.5) is 0 Å². The van der Waals surface area contributed by atoms with E-state index < -0.39 is 5.41 Å². The van der Waals surface area contributed by atoms with Gasteiger partial charge in [0.1, 0.15) is 0 Å². The molecule has 0 saturated heterocycles. The van der Waals surface area contributed by atoms with Gasteiger partial charge in [-0.2, -0.15) is 0 Å². The lowest BCUT2D eigenvalue weighted by molar-refractivity contribution is 0.589. The number of nitrogens with zero attached hydrogens (tertiary/aromatic N) is 2. The van der Waals surface area contributed by atoms with Gasteiger partial charge in [0.2, 0.25) is 0 Å². The summed E-state index contributed by atoms with van der Waals surface area (Å²) in [5.74, 6) is 0. The van der Waals surface area contributed by atoms with Crippen molar-refractivity contribution >= 4 is 0 Å². The molecule has 2 nitrogen and oxygen atoms in total. The van der Waals surface area contributed by atoms with Crippen molar-refractivity contribution in [2.24, 2.45) is 0 Å². The summed E-state index contributed by atoms with van der Waals surface area (Å²) in [6.45, 7) is 13.6. The molecule has 1 aliphatic rings. The number of fused-ring (bicyclic) bond motifs is 3. The zero-order chi connectivity index (χ0) is 31.4. The van der Waals surface area contributed by atoms with Crippen molar-refractivity contribution in [3.8, 4) is 33.6 Å². The van der Waals surface area contributed by atoms with Crippen LogP contribution in [0.1, 0.15) is 74.9 Å². The molecule has 2 heteroatoms. The Balaban J connectivity index is 1.54. The first-order valence-corrected chi connectivity index (χ1v) is 15.9. The SMILES string of the molecule is CC(C)(C)c1cccnc1-c1cccc(C2(c3cccc(-c4ncccc4C(C)(C)C)c3)c3ccccc3-c3ccccc32)c1. The molecule has 7 rings (SSSR count). The van der Waals surface area contributed by atoms with Crippen LogP contribution in [0.2, 0.25) is 0 Å². The predicted molar refractivity (Wildman–Crippen MR) is 188 cm³/mol. The van der Waals surface area contributed by atoms with Crippen molar-refractivity contribution < 1.29 is 0 Å². The molecule has 2 aromatic heterocycles. The molecular formula is C43H40N2. The van der Waals surface area contributed by atoms with E-state index in [1.807, 2.05) is 24.5 Å². The Kier molecular flexibility index (Phi) is 6.85. The van der Waals surface area contributed by atoms with Crippen LogP contribution in [0.25, 0.3) is 33.6 Å². The summed E-state index contributed by atoms with van der Waals surface area (Å²) < 4.78 is 0. The van der Waals surface area contributed by atoms with E-state index in [2.05, 4.69) is 151 Å². The molecule has 45 heavy (non-hydrogen) atoms. The van der Waals surface area contributed by atoms with Crippen LogP contribution in [0.3, 0.4) is 0 Å². The van der Waals surface area contributed by atoms with Crippen molar-refractivity contribution in [1.29, 1.82) is 0 Å². The Labute approximate surface area is 267 Å². The Morgan fingerprint density at radius 1 is 0.444 bits per heavy atom. The lowest BCUT2D eigenvalue weighted by Crippen LogP contribution is -2.28. The monoisotopic (exact) mass is 584 g/mol. The molecule has 0 unspecified atom stereocenters. The first kappa shape index (κ1) is 28.9. The third kappa shape index (κ3) is 4.71. The molecule has 0 spiro atoms. The Morgan fingerprint density at radius 2 is 0.867 bits per heavy atom. The van der Waals surface area contributed by atoms with Gasteiger partial charge in [0.25, 0.3) is 0 Å². The highest BCUT2D eigenvalue weighted by atomic mass is 14.7. The van der Waals surface area contributed by atoms with Gasteiger partial charge < -0.3 is 0 Å². The number of hydrogen-bond acceptors (Lipinski definition) is 2. The number of hydrogen-bond donors (Lipinski definition) is 0. The minimum Gasteiger partial charge on any atom is -0.256 e. The quantitative estimate of drug-likeness (QED) is 0.206. The smallest absolute Gasteiger partial charge is 0.0739 e. The average Bonchev–Trinajstić information content (AvgIpc) is 3.35. The zero-order valence-electron chi connectivity index (χ0n) is 27.1. The van der Waals surface area contributed by atoms with Crippen LogP contribution in [0.15, 0.2) is 134 Å². The van der Waals surface area contributed by atoms with Gasteiger partial charge >= 0.3 is 0 Å². The number of pyridine rings is 2. The molecule has 222 valence electrons. The molecule has 0 fully saturated rings. The van der Waals surface area contributed by atoms with Gasteiger partial charge in [0.15, 0.2) is 0 Å². The van der Waals surface area contributed by atoms with Crippen molar-refractivity contribution in [3.05, 3.63) is 167 Å². The number of benzene rings is 4. The molecular weight excluding hydrogens is 544 g/mol. The molecule has 0 aliphatic heterocycles. The van der Waals surface area contributed by atoms with Crippen molar-refractivity contribution in [2.45, 2.75) is 57.8 Å². The maximum atomic E-state index is 4.95. The fourth-order valence-corrected chi connectivity index (χ4v) is 7.30. The van der Waals surface area contributed by atoms with Crippen molar-refractivity contribution in [3.63, 3.8) is 0 Å². The summed E-state index contributed by atoms with van der Waals surface area (Å²) in [5.41, 5.74) is 13.9. The Bertz CT molecular complexity index is 1890. The molecule has 1 aliphatic carbocycles. The molecule has 0 bridgehead atoms.